The zero-order valence-electron chi connectivity index (χ0n) is 11.0. The highest BCUT2D eigenvalue weighted by atomic mass is 16.5. The summed E-state index contributed by atoms with van der Waals surface area (Å²) in [6.45, 7) is 0.490. The van der Waals surface area contributed by atoms with Crippen LogP contribution in [0.15, 0.2) is 36.7 Å². The summed E-state index contributed by atoms with van der Waals surface area (Å²) in [6, 6.07) is 9.09. The monoisotopic (exact) mass is 273 g/mol. The topological polar surface area (TPSA) is 84.3 Å². The summed E-state index contributed by atoms with van der Waals surface area (Å²) in [7, 11) is 1.54. The first-order valence-corrected chi connectivity index (χ1v) is 6.07. The smallest absolute Gasteiger partial charge is 0.307 e. The largest absolute Gasteiger partial charge is 0.481 e. The Morgan fingerprint density at radius 3 is 2.75 bits per heavy atom. The number of rotatable bonds is 6. The third-order valence-corrected chi connectivity index (χ3v) is 2.77. The summed E-state index contributed by atoms with van der Waals surface area (Å²) in [6.07, 6.45) is 1.41. The molecule has 2 rings (SSSR count). The highest BCUT2D eigenvalue weighted by molar-refractivity contribution is 5.70. The van der Waals surface area contributed by atoms with Gasteiger partial charge < -0.3 is 15.2 Å². The van der Waals surface area contributed by atoms with Crippen molar-refractivity contribution in [2.45, 2.75) is 13.0 Å². The Bertz CT molecular complexity index is 602. The molecule has 0 amide bonds. The molecule has 0 aliphatic rings. The quantitative estimate of drug-likeness (QED) is 0.833. The van der Waals surface area contributed by atoms with E-state index in [0.717, 1.165) is 11.1 Å². The van der Waals surface area contributed by atoms with E-state index in [0.29, 0.717) is 18.2 Å². The molecule has 104 valence electrons. The van der Waals surface area contributed by atoms with E-state index in [1.165, 1.54) is 13.4 Å². The molecule has 0 saturated heterocycles. The summed E-state index contributed by atoms with van der Waals surface area (Å²) in [4.78, 5) is 18.8. The van der Waals surface area contributed by atoms with Gasteiger partial charge >= 0.3 is 5.97 Å². The van der Waals surface area contributed by atoms with Gasteiger partial charge in [0.15, 0.2) is 0 Å². The van der Waals surface area contributed by atoms with Crippen LogP contribution in [0.4, 0.5) is 5.82 Å². The Morgan fingerprint density at radius 1 is 1.30 bits per heavy atom. The minimum absolute atomic E-state index is 0.00491. The number of ether oxygens (including phenoxy) is 1. The lowest BCUT2D eigenvalue weighted by Crippen LogP contribution is -2.08. The molecule has 2 aromatic rings. The Hall–Kier alpha value is -2.63. The Kier molecular flexibility index (Phi) is 4.49. The first-order chi connectivity index (χ1) is 9.69. The van der Waals surface area contributed by atoms with E-state index in [-0.39, 0.29) is 6.42 Å². The molecule has 1 aromatic carbocycles. The lowest BCUT2D eigenvalue weighted by atomic mass is 10.0. The minimum Gasteiger partial charge on any atom is -0.481 e. The molecule has 0 bridgehead atoms. The molecule has 0 spiro atoms. The molecule has 1 heterocycles. The van der Waals surface area contributed by atoms with Gasteiger partial charge in [-0.2, -0.15) is 0 Å². The van der Waals surface area contributed by atoms with Crippen LogP contribution in [0, 0.1) is 0 Å². The van der Waals surface area contributed by atoms with Crippen molar-refractivity contribution < 1.29 is 14.6 Å². The van der Waals surface area contributed by atoms with E-state index in [2.05, 4.69) is 15.3 Å². The Balaban J connectivity index is 2.08. The molecule has 0 unspecified atom stereocenters. The van der Waals surface area contributed by atoms with Crippen LogP contribution in [0.3, 0.4) is 0 Å². The number of anilines is 1. The van der Waals surface area contributed by atoms with Crippen LogP contribution in [0.2, 0.25) is 0 Å². The second kappa shape index (κ2) is 6.51. The van der Waals surface area contributed by atoms with Gasteiger partial charge in [-0.25, -0.2) is 9.97 Å². The van der Waals surface area contributed by atoms with Gasteiger partial charge in [-0.15, -0.1) is 0 Å². The molecule has 0 aliphatic heterocycles. The van der Waals surface area contributed by atoms with Gasteiger partial charge in [-0.05, 0) is 11.1 Å². The van der Waals surface area contributed by atoms with Gasteiger partial charge in [-0.1, -0.05) is 24.3 Å². The van der Waals surface area contributed by atoms with Crippen LogP contribution >= 0.6 is 0 Å². The highest BCUT2D eigenvalue weighted by Crippen LogP contribution is 2.14. The second-order valence-corrected chi connectivity index (χ2v) is 4.14. The summed E-state index contributed by atoms with van der Waals surface area (Å²) < 4.78 is 5.01. The number of aliphatic carboxylic acids is 1. The van der Waals surface area contributed by atoms with Gasteiger partial charge in [-0.3, -0.25) is 4.79 Å². The summed E-state index contributed by atoms with van der Waals surface area (Å²) in [5.74, 6) is 0.254. The Labute approximate surface area is 116 Å². The third kappa shape index (κ3) is 3.68. The van der Waals surface area contributed by atoms with Crippen molar-refractivity contribution in [2.24, 2.45) is 0 Å². The predicted octanol–water partition coefficient (Wildman–Crippen LogP) is 1.72. The molecule has 20 heavy (non-hydrogen) atoms. The van der Waals surface area contributed by atoms with Gasteiger partial charge in [0, 0.05) is 12.6 Å². The maximum atomic E-state index is 10.8. The zero-order valence-corrected chi connectivity index (χ0v) is 11.0. The molecule has 6 heteroatoms. The van der Waals surface area contributed by atoms with Crippen LogP contribution in [-0.4, -0.2) is 28.2 Å². The zero-order chi connectivity index (χ0) is 14.4. The fourth-order valence-corrected chi connectivity index (χ4v) is 1.80. The minimum atomic E-state index is -0.846. The van der Waals surface area contributed by atoms with Gasteiger partial charge in [0.05, 0.1) is 13.5 Å². The number of carboxylic acid groups (broad SMARTS) is 1. The molecule has 0 radical (unpaired) electrons. The number of nitrogens with zero attached hydrogens (tertiary/aromatic N) is 2. The molecule has 0 saturated carbocycles. The van der Waals surface area contributed by atoms with E-state index in [1.807, 2.05) is 24.3 Å². The van der Waals surface area contributed by atoms with Gasteiger partial charge in [0.2, 0.25) is 5.88 Å². The maximum Gasteiger partial charge on any atom is 0.307 e. The fraction of sp³-hybridized carbons (Fsp3) is 0.214. The van der Waals surface area contributed by atoms with Crippen molar-refractivity contribution in [2.75, 3.05) is 12.4 Å². The van der Waals surface area contributed by atoms with E-state index >= 15 is 0 Å². The molecule has 6 nitrogen and oxygen atoms in total. The lowest BCUT2D eigenvalue weighted by Gasteiger charge is -2.10. The SMILES string of the molecule is COc1cc(NCc2ccccc2CC(=O)O)ncn1. The van der Waals surface area contributed by atoms with Crippen LogP contribution in [0.5, 0.6) is 5.88 Å². The standard InChI is InChI=1S/C14H15N3O3/c1-20-13-7-12(16-9-17-13)15-8-11-5-3-2-4-10(11)6-14(18)19/h2-5,7,9H,6,8H2,1H3,(H,18,19)(H,15,16,17). The second-order valence-electron chi connectivity index (χ2n) is 4.14. The first-order valence-electron chi connectivity index (χ1n) is 6.07. The maximum absolute atomic E-state index is 10.8. The molecular weight excluding hydrogens is 258 g/mol. The van der Waals surface area contributed by atoms with Crippen LogP contribution in [0.1, 0.15) is 11.1 Å². The average molecular weight is 273 g/mol. The Morgan fingerprint density at radius 2 is 2.05 bits per heavy atom. The molecule has 1 aromatic heterocycles. The van der Waals surface area contributed by atoms with Crippen molar-refractivity contribution in [3.63, 3.8) is 0 Å². The van der Waals surface area contributed by atoms with Crippen molar-refractivity contribution in [1.82, 2.24) is 9.97 Å². The normalized spacial score (nSPS) is 10.1. The number of benzene rings is 1. The fourth-order valence-electron chi connectivity index (χ4n) is 1.80. The van der Waals surface area contributed by atoms with Crippen molar-refractivity contribution in [1.29, 1.82) is 0 Å². The number of hydrogen-bond donors (Lipinski definition) is 2. The van der Waals surface area contributed by atoms with Gasteiger partial charge in [0.25, 0.3) is 0 Å². The van der Waals surface area contributed by atoms with Crippen LogP contribution in [0.25, 0.3) is 0 Å². The number of methoxy groups -OCH3 is 1. The number of aromatic nitrogens is 2. The molecule has 0 aliphatic carbocycles. The van der Waals surface area contributed by atoms with E-state index < -0.39 is 5.97 Å². The van der Waals surface area contributed by atoms with Crippen molar-refractivity contribution in [3.05, 3.63) is 47.8 Å². The molecular formula is C14H15N3O3. The molecule has 2 N–H and O–H groups in total. The number of nitrogens with one attached hydrogen (secondary N) is 1. The number of hydrogen-bond acceptors (Lipinski definition) is 5. The lowest BCUT2D eigenvalue weighted by molar-refractivity contribution is -0.136. The van der Waals surface area contributed by atoms with E-state index in [9.17, 15) is 4.79 Å². The number of carbonyl (C=O) groups is 1. The highest BCUT2D eigenvalue weighted by Gasteiger charge is 2.06. The molecule has 0 atom stereocenters. The predicted molar refractivity (Wildman–Crippen MR) is 73.7 cm³/mol. The number of carboxylic acids is 1. The van der Waals surface area contributed by atoms with Crippen LogP contribution < -0.4 is 10.1 Å². The van der Waals surface area contributed by atoms with Crippen molar-refractivity contribution in [3.8, 4) is 5.88 Å². The van der Waals surface area contributed by atoms with E-state index in [1.54, 1.807) is 6.07 Å². The average Bonchev–Trinajstić information content (AvgIpc) is 2.46. The van der Waals surface area contributed by atoms with Crippen molar-refractivity contribution >= 4 is 11.8 Å². The van der Waals surface area contributed by atoms with E-state index in [4.69, 9.17) is 9.84 Å². The summed E-state index contributed by atoms with van der Waals surface area (Å²) in [5.41, 5.74) is 1.71. The third-order valence-electron chi connectivity index (χ3n) is 2.77. The summed E-state index contributed by atoms with van der Waals surface area (Å²) >= 11 is 0. The van der Waals surface area contributed by atoms with Gasteiger partial charge in [0.1, 0.15) is 12.1 Å². The first kappa shape index (κ1) is 13.8. The molecule has 0 fully saturated rings. The van der Waals surface area contributed by atoms with Crippen LogP contribution in [-0.2, 0) is 17.8 Å². The summed E-state index contributed by atoms with van der Waals surface area (Å²) in [5, 5.41) is 12.0.